The maximum atomic E-state index is 13.5. The van der Waals surface area contributed by atoms with Crippen molar-refractivity contribution >= 4 is 17.5 Å². The van der Waals surface area contributed by atoms with E-state index in [0.717, 1.165) is 11.1 Å². The van der Waals surface area contributed by atoms with Crippen molar-refractivity contribution in [3.05, 3.63) is 76.8 Å². The Morgan fingerprint density at radius 1 is 1.22 bits per heavy atom. The average molecular weight is 434 g/mol. The Hall–Kier alpha value is -3.65. The average Bonchev–Trinajstić information content (AvgIpc) is 3.19. The molecule has 166 valence electrons. The summed E-state index contributed by atoms with van der Waals surface area (Å²) in [5.41, 5.74) is 3.88. The van der Waals surface area contributed by atoms with Crippen LogP contribution in [0.2, 0.25) is 0 Å². The molecule has 32 heavy (non-hydrogen) atoms. The van der Waals surface area contributed by atoms with Gasteiger partial charge in [0.15, 0.2) is 5.82 Å². The molecule has 1 aliphatic rings. The molecule has 0 aliphatic carbocycles. The summed E-state index contributed by atoms with van der Waals surface area (Å²) in [6.45, 7) is 3.96. The minimum absolute atomic E-state index is 0.0719. The molecule has 8 heteroatoms. The van der Waals surface area contributed by atoms with Crippen molar-refractivity contribution in [2.45, 2.75) is 32.7 Å². The van der Waals surface area contributed by atoms with Crippen molar-refractivity contribution < 1.29 is 14.6 Å². The van der Waals surface area contributed by atoms with E-state index < -0.39 is 6.04 Å². The molecular weight excluding hydrogens is 406 g/mol. The van der Waals surface area contributed by atoms with Gasteiger partial charge in [0.25, 0.3) is 5.91 Å². The zero-order chi connectivity index (χ0) is 22.7. The van der Waals surface area contributed by atoms with Gasteiger partial charge in [0.1, 0.15) is 11.8 Å². The van der Waals surface area contributed by atoms with E-state index in [1.165, 1.54) is 0 Å². The third kappa shape index (κ3) is 4.22. The zero-order valence-electron chi connectivity index (χ0n) is 18.4. The van der Waals surface area contributed by atoms with Gasteiger partial charge in [-0.3, -0.25) is 4.79 Å². The number of benzene rings is 2. The van der Waals surface area contributed by atoms with E-state index in [2.05, 4.69) is 26.8 Å². The number of hydrogen-bond donors (Lipinski definition) is 3. The number of amides is 1. The molecule has 1 amide bonds. The molecule has 2 aromatic carbocycles. The summed E-state index contributed by atoms with van der Waals surface area (Å²) in [5, 5.41) is 20.1. The first-order chi connectivity index (χ1) is 15.5. The Balaban J connectivity index is 1.77. The molecule has 3 N–H and O–H groups in total. The summed E-state index contributed by atoms with van der Waals surface area (Å²) in [4.78, 5) is 18.1. The molecule has 0 saturated heterocycles. The van der Waals surface area contributed by atoms with Gasteiger partial charge in [0.2, 0.25) is 5.95 Å². The van der Waals surface area contributed by atoms with Gasteiger partial charge in [-0.05, 0) is 38.0 Å². The predicted molar refractivity (Wildman–Crippen MR) is 123 cm³/mol. The number of nitrogens with zero attached hydrogens (tertiary/aromatic N) is 3. The molecule has 0 unspecified atom stereocenters. The molecule has 0 fully saturated rings. The highest BCUT2D eigenvalue weighted by molar-refractivity contribution is 6.06. The molecule has 0 radical (unpaired) electrons. The number of hydrogen-bond acceptors (Lipinski definition) is 6. The summed E-state index contributed by atoms with van der Waals surface area (Å²) >= 11 is 0. The number of methoxy groups -OCH3 is 1. The number of allylic oxidation sites excluding steroid dienone is 1. The van der Waals surface area contributed by atoms with E-state index in [4.69, 9.17) is 4.74 Å². The van der Waals surface area contributed by atoms with Crippen LogP contribution in [-0.4, -0.2) is 39.5 Å². The monoisotopic (exact) mass is 433 g/mol. The standard InChI is InChI=1S/C24H27N5O3/c1-15-8-6-9-17(14-15)22-21(23(31)26-18-10-4-5-11-19(18)32-3)16(2)25-24-27-20(12-7-13-30)28-29(22)24/h4-6,8-11,14,22,30H,7,12-13H2,1-3H3,(H,26,31)(H,25,27,28)/t22-/m0/s1. The summed E-state index contributed by atoms with van der Waals surface area (Å²) in [6.07, 6.45) is 1.13. The van der Waals surface area contributed by atoms with E-state index in [9.17, 15) is 9.90 Å². The number of para-hydroxylation sites is 2. The summed E-state index contributed by atoms with van der Waals surface area (Å²) in [7, 11) is 1.57. The Labute approximate surface area is 186 Å². The van der Waals surface area contributed by atoms with E-state index >= 15 is 0 Å². The Morgan fingerprint density at radius 2 is 2.03 bits per heavy atom. The Morgan fingerprint density at radius 3 is 2.78 bits per heavy atom. The van der Waals surface area contributed by atoms with Gasteiger partial charge >= 0.3 is 0 Å². The van der Waals surface area contributed by atoms with Crippen LogP contribution < -0.4 is 15.4 Å². The maximum Gasteiger partial charge on any atom is 0.255 e. The third-order valence-corrected chi connectivity index (χ3v) is 5.41. The largest absolute Gasteiger partial charge is 0.495 e. The van der Waals surface area contributed by atoms with Crippen molar-refractivity contribution in [1.82, 2.24) is 14.8 Å². The predicted octanol–water partition coefficient (Wildman–Crippen LogP) is 3.45. The summed E-state index contributed by atoms with van der Waals surface area (Å²) < 4.78 is 7.15. The van der Waals surface area contributed by atoms with Gasteiger partial charge < -0.3 is 20.5 Å². The molecule has 1 atom stereocenters. The molecular formula is C24H27N5O3. The fourth-order valence-electron chi connectivity index (χ4n) is 3.92. The number of aliphatic hydroxyl groups is 1. The van der Waals surface area contributed by atoms with Crippen LogP contribution in [-0.2, 0) is 11.2 Å². The number of rotatable bonds is 7. The summed E-state index contributed by atoms with van der Waals surface area (Å²) in [5.74, 6) is 1.54. The number of ether oxygens (including phenoxy) is 1. The van der Waals surface area contributed by atoms with Gasteiger partial charge in [0, 0.05) is 18.7 Å². The minimum Gasteiger partial charge on any atom is -0.495 e. The van der Waals surface area contributed by atoms with Gasteiger partial charge in [-0.1, -0.05) is 42.0 Å². The van der Waals surface area contributed by atoms with E-state index in [-0.39, 0.29) is 12.5 Å². The first-order valence-corrected chi connectivity index (χ1v) is 10.6. The lowest BCUT2D eigenvalue weighted by Crippen LogP contribution is -2.31. The quantitative estimate of drug-likeness (QED) is 0.528. The number of carbonyl (C=O) groups is 1. The first-order valence-electron chi connectivity index (χ1n) is 10.6. The van der Waals surface area contributed by atoms with E-state index in [1.807, 2.05) is 44.2 Å². The van der Waals surface area contributed by atoms with Crippen LogP contribution in [0.25, 0.3) is 0 Å². The number of aromatic nitrogens is 3. The summed E-state index contributed by atoms with van der Waals surface area (Å²) in [6, 6.07) is 14.9. The lowest BCUT2D eigenvalue weighted by atomic mass is 9.94. The van der Waals surface area contributed by atoms with Crippen LogP contribution in [0.4, 0.5) is 11.6 Å². The number of aliphatic hydroxyl groups excluding tert-OH is 1. The molecule has 3 aromatic rings. The second-order valence-corrected chi connectivity index (χ2v) is 7.76. The number of fused-ring (bicyclic) bond motifs is 1. The molecule has 0 bridgehead atoms. The van der Waals surface area contributed by atoms with E-state index in [1.54, 1.807) is 23.9 Å². The highest BCUT2D eigenvalue weighted by Gasteiger charge is 2.34. The van der Waals surface area contributed by atoms with Gasteiger partial charge in [-0.25, -0.2) is 4.68 Å². The second kappa shape index (κ2) is 9.23. The van der Waals surface area contributed by atoms with Crippen LogP contribution in [0.5, 0.6) is 5.75 Å². The first kappa shape index (κ1) is 21.6. The van der Waals surface area contributed by atoms with Crippen molar-refractivity contribution in [3.63, 3.8) is 0 Å². The van der Waals surface area contributed by atoms with Crippen molar-refractivity contribution in [2.75, 3.05) is 24.4 Å². The molecule has 2 heterocycles. The molecule has 1 aliphatic heterocycles. The lowest BCUT2D eigenvalue weighted by molar-refractivity contribution is -0.113. The van der Waals surface area contributed by atoms with E-state index in [0.29, 0.717) is 47.3 Å². The van der Waals surface area contributed by atoms with Crippen molar-refractivity contribution in [1.29, 1.82) is 0 Å². The normalized spacial score (nSPS) is 15.2. The van der Waals surface area contributed by atoms with Gasteiger partial charge in [0.05, 0.1) is 18.4 Å². The molecule has 0 saturated carbocycles. The van der Waals surface area contributed by atoms with Crippen molar-refractivity contribution in [2.24, 2.45) is 0 Å². The molecule has 0 spiro atoms. The highest BCUT2D eigenvalue weighted by Crippen LogP contribution is 2.36. The van der Waals surface area contributed by atoms with Gasteiger partial charge in [-0.15, -0.1) is 0 Å². The Bertz CT molecular complexity index is 1170. The number of carbonyl (C=O) groups excluding carboxylic acids is 1. The van der Waals surface area contributed by atoms with Crippen molar-refractivity contribution in [3.8, 4) is 5.75 Å². The number of anilines is 2. The Kier molecular flexibility index (Phi) is 6.23. The number of nitrogens with one attached hydrogen (secondary N) is 2. The molecule has 4 rings (SSSR count). The number of aryl methyl sites for hydroxylation is 2. The van der Waals surface area contributed by atoms with Crippen LogP contribution >= 0.6 is 0 Å². The lowest BCUT2D eigenvalue weighted by Gasteiger charge is -2.29. The zero-order valence-corrected chi connectivity index (χ0v) is 18.4. The molecule has 1 aromatic heterocycles. The minimum atomic E-state index is -0.448. The van der Waals surface area contributed by atoms with Gasteiger partial charge in [-0.2, -0.15) is 10.1 Å². The second-order valence-electron chi connectivity index (χ2n) is 7.76. The fraction of sp³-hybridized carbons (Fsp3) is 0.292. The van der Waals surface area contributed by atoms with Crippen LogP contribution in [0.1, 0.15) is 36.3 Å². The highest BCUT2D eigenvalue weighted by atomic mass is 16.5. The van der Waals surface area contributed by atoms with Crippen LogP contribution in [0.15, 0.2) is 59.8 Å². The molecule has 8 nitrogen and oxygen atoms in total. The maximum absolute atomic E-state index is 13.5. The smallest absolute Gasteiger partial charge is 0.255 e. The van der Waals surface area contributed by atoms with Crippen LogP contribution in [0, 0.1) is 6.92 Å². The fourth-order valence-corrected chi connectivity index (χ4v) is 3.92. The van der Waals surface area contributed by atoms with Crippen LogP contribution in [0.3, 0.4) is 0 Å². The SMILES string of the molecule is COc1ccccc1NC(=O)C1=C(C)Nc2nc(CCCO)nn2[C@H]1c1cccc(C)c1. The third-order valence-electron chi connectivity index (χ3n) is 5.41. The topological polar surface area (TPSA) is 101 Å².